The van der Waals surface area contributed by atoms with E-state index >= 15 is 0 Å². The fraction of sp³-hybridized carbons (Fsp3) is 0.545. The van der Waals surface area contributed by atoms with Crippen molar-refractivity contribution < 1.29 is 23.5 Å². The van der Waals surface area contributed by atoms with Gasteiger partial charge in [-0.25, -0.2) is 4.39 Å². The highest BCUT2D eigenvalue weighted by atomic mass is 19.1. The highest BCUT2D eigenvalue weighted by Crippen LogP contribution is 2.16. The van der Waals surface area contributed by atoms with E-state index in [-0.39, 0.29) is 24.6 Å². The third-order valence-corrected chi connectivity index (χ3v) is 5.96. The van der Waals surface area contributed by atoms with Crippen molar-refractivity contribution in [3.63, 3.8) is 0 Å². The van der Waals surface area contributed by atoms with Crippen molar-refractivity contribution >= 4 is 17.7 Å². The van der Waals surface area contributed by atoms with Crippen LogP contribution in [0.25, 0.3) is 0 Å². The minimum atomic E-state index is -0.969. The van der Waals surface area contributed by atoms with Crippen LogP contribution in [0, 0.1) is 19.7 Å². The van der Waals surface area contributed by atoms with E-state index in [2.05, 4.69) is 54.1 Å². The molecule has 0 fully saturated rings. The number of rotatable bonds is 17. The molecule has 1 unspecified atom stereocenters. The molecule has 3 amide bonds. The molecule has 0 bridgehead atoms. The number of hydrogen-bond acceptors (Lipinski definition) is 5. The van der Waals surface area contributed by atoms with Gasteiger partial charge in [0.2, 0.25) is 17.7 Å². The number of benzene rings is 2. The molecule has 0 saturated carbocycles. The van der Waals surface area contributed by atoms with Crippen molar-refractivity contribution in [1.82, 2.24) is 16.0 Å². The first-order valence-corrected chi connectivity index (χ1v) is 15.2. The van der Waals surface area contributed by atoms with Gasteiger partial charge in [0, 0.05) is 19.0 Å². The Morgan fingerprint density at radius 2 is 1.67 bits per heavy atom. The number of aryl methyl sites for hydroxylation is 3. The van der Waals surface area contributed by atoms with E-state index in [0.717, 1.165) is 37.9 Å². The minimum absolute atomic E-state index is 0.224. The average molecular weight is 589 g/mol. The summed E-state index contributed by atoms with van der Waals surface area (Å²) in [5, 5.41) is 8.45. The van der Waals surface area contributed by atoms with Gasteiger partial charge in [0.15, 0.2) is 0 Å². The summed E-state index contributed by atoms with van der Waals surface area (Å²) in [7, 11) is 0. The van der Waals surface area contributed by atoms with E-state index in [4.69, 9.17) is 10.5 Å². The second-order valence-electron chi connectivity index (χ2n) is 9.75. The van der Waals surface area contributed by atoms with Crippen LogP contribution in [-0.2, 0) is 20.8 Å². The van der Waals surface area contributed by atoms with Crippen molar-refractivity contribution in [1.29, 1.82) is 0 Å². The Hall–Kier alpha value is -3.46. The maximum atomic E-state index is 13.3. The zero-order valence-electron chi connectivity index (χ0n) is 26.5. The predicted octanol–water partition coefficient (Wildman–Crippen LogP) is 5.13. The monoisotopic (exact) mass is 588 g/mol. The first-order chi connectivity index (χ1) is 20.1. The van der Waals surface area contributed by atoms with E-state index in [0.29, 0.717) is 31.7 Å². The van der Waals surface area contributed by atoms with Crippen molar-refractivity contribution in [3.8, 4) is 5.75 Å². The molecule has 0 aliphatic rings. The molecule has 236 valence electrons. The van der Waals surface area contributed by atoms with Gasteiger partial charge in [-0.15, -0.1) is 0 Å². The summed E-state index contributed by atoms with van der Waals surface area (Å²) < 4.78 is 18.8. The summed E-state index contributed by atoms with van der Waals surface area (Å²) >= 11 is 0. The van der Waals surface area contributed by atoms with Crippen LogP contribution in [-0.4, -0.2) is 50.0 Å². The quantitative estimate of drug-likeness (QED) is 0.191. The lowest BCUT2D eigenvalue weighted by Gasteiger charge is -2.17. The van der Waals surface area contributed by atoms with E-state index in [9.17, 15) is 18.8 Å². The van der Waals surface area contributed by atoms with E-state index in [1.54, 1.807) is 13.0 Å². The van der Waals surface area contributed by atoms with E-state index < -0.39 is 17.9 Å². The van der Waals surface area contributed by atoms with Crippen molar-refractivity contribution in [2.75, 3.05) is 26.2 Å². The molecule has 9 heteroatoms. The molecule has 5 N–H and O–H groups in total. The standard InChI is InChI=1S/C22H35FN4O4.C9H12.C2H6/c1-3-25-9-7-10-26-22(30)19(15-20(24)28)27-21(29)8-5-4-6-11-31-18-13-16(2)12-17(23)14-18;1-3-9-6-4-5-8(2)7-9;1-2/h12-14,19,25H,3-11,15H2,1-2H3,(H2,24,28)(H,26,30)(H,27,29);4-7H,3H2,1-2H3;1-2H3. The van der Waals surface area contributed by atoms with E-state index in [1.165, 1.54) is 23.3 Å². The zero-order chi connectivity index (χ0) is 31.8. The molecule has 2 rings (SSSR count). The van der Waals surface area contributed by atoms with Gasteiger partial charge in [0.1, 0.15) is 17.6 Å². The molecule has 8 nitrogen and oxygen atoms in total. The number of nitrogens with two attached hydrogens (primary N) is 1. The van der Waals surface area contributed by atoms with E-state index in [1.807, 2.05) is 20.8 Å². The third-order valence-electron chi connectivity index (χ3n) is 5.96. The van der Waals surface area contributed by atoms with Gasteiger partial charge in [0.05, 0.1) is 13.0 Å². The van der Waals surface area contributed by atoms with Gasteiger partial charge in [-0.3, -0.25) is 14.4 Å². The Balaban J connectivity index is 0.00000128. The van der Waals surface area contributed by atoms with Gasteiger partial charge >= 0.3 is 0 Å². The lowest BCUT2D eigenvalue weighted by Crippen LogP contribution is -2.48. The summed E-state index contributed by atoms with van der Waals surface area (Å²) in [6, 6.07) is 12.2. The fourth-order valence-electron chi connectivity index (χ4n) is 3.87. The number of amides is 3. The van der Waals surface area contributed by atoms with Crippen LogP contribution in [0.2, 0.25) is 0 Å². The number of ether oxygens (including phenoxy) is 1. The minimum Gasteiger partial charge on any atom is -0.493 e. The van der Waals surface area contributed by atoms with Crippen molar-refractivity contribution in [2.24, 2.45) is 5.73 Å². The Morgan fingerprint density at radius 3 is 2.26 bits per heavy atom. The van der Waals surface area contributed by atoms with Crippen LogP contribution >= 0.6 is 0 Å². The number of primary amides is 1. The summed E-state index contributed by atoms with van der Waals surface area (Å²) in [5.41, 5.74) is 8.78. The highest BCUT2D eigenvalue weighted by Gasteiger charge is 2.22. The molecule has 0 aliphatic carbocycles. The highest BCUT2D eigenvalue weighted by molar-refractivity contribution is 5.91. The SMILES string of the molecule is CC.CCNCCCNC(=O)C(CC(N)=O)NC(=O)CCCCCOc1cc(C)cc(F)c1.CCc1cccc(C)c1. The first-order valence-electron chi connectivity index (χ1n) is 15.2. The van der Waals surface area contributed by atoms with Crippen LogP contribution in [0.5, 0.6) is 5.75 Å². The van der Waals surface area contributed by atoms with Crippen LogP contribution < -0.4 is 26.4 Å². The molecule has 0 aromatic heterocycles. The van der Waals surface area contributed by atoms with Gasteiger partial charge in [0.25, 0.3) is 0 Å². The Kier molecular flexibility index (Phi) is 22.2. The lowest BCUT2D eigenvalue weighted by atomic mass is 10.1. The number of halogens is 1. The third kappa shape index (κ3) is 19.6. The molecule has 0 heterocycles. The van der Waals surface area contributed by atoms with Crippen LogP contribution in [0.3, 0.4) is 0 Å². The van der Waals surface area contributed by atoms with Crippen LogP contribution in [0.4, 0.5) is 4.39 Å². The number of carbonyl (C=O) groups excluding carboxylic acids is 3. The normalized spacial score (nSPS) is 10.7. The van der Waals surface area contributed by atoms with Gasteiger partial charge < -0.3 is 26.4 Å². The number of unbranched alkanes of at least 4 members (excludes halogenated alkanes) is 2. The molecule has 2 aromatic rings. The predicted molar refractivity (Wildman–Crippen MR) is 169 cm³/mol. The molecule has 42 heavy (non-hydrogen) atoms. The molecule has 1 atom stereocenters. The number of hydrogen-bond donors (Lipinski definition) is 4. The number of nitrogens with one attached hydrogen (secondary N) is 3. The van der Waals surface area contributed by atoms with Crippen LogP contribution in [0.15, 0.2) is 42.5 Å². The molecule has 0 spiro atoms. The van der Waals surface area contributed by atoms with Gasteiger partial charge in [-0.1, -0.05) is 57.5 Å². The average Bonchev–Trinajstić information content (AvgIpc) is 2.95. The second-order valence-corrected chi connectivity index (χ2v) is 9.75. The van der Waals surface area contributed by atoms with Crippen molar-refractivity contribution in [2.45, 2.75) is 92.5 Å². The molecule has 0 saturated heterocycles. The van der Waals surface area contributed by atoms with Crippen LogP contribution in [0.1, 0.15) is 82.9 Å². The molecular weight excluding hydrogens is 535 g/mol. The smallest absolute Gasteiger partial charge is 0.243 e. The fourth-order valence-corrected chi connectivity index (χ4v) is 3.87. The lowest BCUT2D eigenvalue weighted by molar-refractivity contribution is -0.131. The second kappa shape index (κ2) is 24.2. The Bertz CT molecular complexity index is 1030. The van der Waals surface area contributed by atoms with Crippen molar-refractivity contribution in [3.05, 3.63) is 65.0 Å². The largest absolute Gasteiger partial charge is 0.493 e. The van der Waals surface area contributed by atoms with Gasteiger partial charge in [-0.05, 0) is 82.3 Å². The molecule has 0 aliphatic heterocycles. The number of carbonyl (C=O) groups is 3. The summed E-state index contributed by atoms with van der Waals surface area (Å²) in [6.45, 7) is 14.6. The van der Waals surface area contributed by atoms with Gasteiger partial charge in [-0.2, -0.15) is 0 Å². The molecule has 2 aromatic carbocycles. The topological polar surface area (TPSA) is 123 Å². The maximum Gasteiger partial charge on any atom is 0.243 e. The molecule has 0 radical (unpaired) electrons. The Labute approximate surface area is 252 Å². The summed E-state index contributed by atoms with van der Waals surface area (Å²) in [5.74, 6) is -1.23. The summed E-state index contributed by atoms with van der Waals surface area (Å²) in [6.07, 6.45) is 3.91. The maximum absolute atomic E-state index is 13.3. The first kappa shape index (κ1) is 38.5. The molecular formula is C33H53FN4O4. The summed E-state index contributed by atoms with van der Waals surface area (Å²) in [4.78, 5) is 35.7. The zero-order valence-corrected chi connectivity index (χ0v) is 26.5. The Morgan fingerprint density at radius 1 is 0.929 bits per heavy atom.